The van der Waals surface area contributed by atoms with Crippen molar-refractivity contribution in [2.75, 3.05) is 43.1 Å². The van der Waals surface area contributed by atoms with Crippen molar-refractivity contribution < 1.29 is 9.13 Å². The Bertz CT molecular complexity index is 1170. The summed E-state index contributed by atoms with van der Waals surface area (Å²) in [6.45, 7) is 3.08. The van der Waals surface area contributed by atoms with Crippen molar-refractivity contribution >= 4 is 22.5 Å². The second-order valence-electron chi connectivity index (χ2n) is 7.12. The number of anilines is 2. The Kier molecular flexibility index (Phi) is 4.66. The molecule has 2 aromatic carbocycles. The summed E-state index contributed by atoms with van der Waals surface area (Å²) in [5.74, 6) is 0.794. The summed E-state index contributed by atoms with van der Waals surface area (Å²) in [6, 6.07) is 15.0. The zero-order valence-corrected chi connectivity index (χ0v) is 16.6. The average Bonchev–Trinajstić information content (AvgIpc) is 3.24. The Balaban J connectivity index is 1.38. The van der Waals surface area contributed by atoms with Crippen LogP contribution in [-0.4, -0.2) is 53.0 Å². The van der Waals surface area contributed by atoms with Gasteiger partial charge in [-0.3, -0.25) is 0 Å². The molecule has 0 amide bonds. The molecule has 0 spiro atoms. The van der Waals surface area contributed by atoms with Crippen LogP contribution >= 0.6 is 0 Å². The van der Waals surface area contributed by atoms with Crippen LogP contribution in [0, 0.1) is 5.82 Å². The monoisotopic (exact) mass is 404 g/mol. The molecule has 0 aliphatic carbocycles. The summed E-state index contributed by atoms with van der Waals surface area (Å²) in [5, 5.41) is 5.45. The van der Waals surface area contributed by atoms with Crippen molar-refractivity contribution in [3.05, 3.63) is 66.9 Å². The van der Waals surface area contributed by atoms with E-state index in [1.165, 1.54) is 13.2 Å². The number of ether oxygens (including phenoxy) is 1. The second-order valence-corrected chi connectivity index (χ2v) is 7.12. The summed E-state index contributed by atoms with van der Waals surface area (Å²) < 4.78 is 20.9. The van der Waals surface area contributed by atoms with E-state index in [4.69, 9.17) is 4.74 Å². The lowest BCUT2D eigenvalue weighted by atomic mass is 10.2. The van der Waals surface area contributed by atoms with Crippen LogP contribution in [0.1, 0.15) is 0 Å². The summed E-state index contributed by atoms with van der Waals surface area (Å²) in [4.78, 5) is 13.4. The van der Waals surface area contributed by atoms with Crippen molar-refractivity contribution in [1.82, 2.24) is 19.7 Å². The minimum Gasteiger partial charge on any atom is -0.494 e. The topological polar surface area (TPSA) is 59.3 Å². The Hall–Kier alpha value is -3.68. The fraction of sp³-hybridized carbons (Fsp3) is 0.227. The molecule has 0 radical (unpaired) electrons. The molecule has 1 aliphatic heterocycles. The van der Waals surface area contributed by atoms with Gasteiger partial charge in [0.05, 0.1) is 24.4 Å². The van der Waals surface area contributed by atoms with Gasteiger partial charge in [0, 0.05) is 37.9 Å². The molecule has 152 valence electrons. The highest BCUT2D eigenvalue weighted by Crippen LogP contribution is 2.28. The molecule has 0 atom stereocenters. The number of piperazine rings is 1. The molecular formula is C22H21FN6O. The first-order valence-electron chi connectivity index (χ1n) is 9.82. The lowest BCUT2D eigenvalue weighted by Crippen LogP contribution is -2.47. The van der Waals surface area contributed by atoms with E-state index in [0.29, 0.717) is 0 Å². The Morgan fingerprint density at radius 1 is 0.900 bits per heavy atom. The van der Waals surface area contributed by atoms with Gasteiger partial charge in [-0.05, 0) is 24.3 Å². The molecule has 7 nitrogen and oxygen atoms in total. The fourth-order valence-electron chi connectivity index (χ4n) is 3.87. The third-order valence-corrected chi connectivity index (χ3v) is 5.43. The molecular weight excluding hydrogens is 383 g/mol. The van der Waals surface area contributed by atoms with Crippen LogP contribution in [0.4, 0.5) is 15.9 Å². The van der Waals surface area contributed by atoms with Crippen LogP contribution in [0.2, 0.25) is 0 Å². The largest absolute Gasteiger partial charge is 0.494 e. The van der Waals surface area contributed by atoms with Crippen LogP contribution in [-0.2, 0) is 0 Å². The molecule has 3 heterocycles. The van der Waals surface area contributed by atoms with Crippen LogP contribution in [0.5, 0.6) is 5.75 Å². The number of nitrogens with zero attached hydrogens (tertiary/aromatic N) is 6. The first-order valence-corrected chi connectivity index (χ1v) is 9.82. The zero-order chi connectivity index (χ0) is 20.5. The van der Waals surface area contributed by atoms with Crippen molar-refractivity contribution in [3.8, 4) is 11.4 Å². The molecule has 0 unspecified atom stereocenters. The summed E-state index contributed by atoms with van der Waals surface area (Å²) in [6.07, 6.45) is 3.41. The van der Waals surface area contributed by atoms with Gasteiger partial charge in [-0.2, -0.15) is 5.10 Å². The molecule has 1 aliphatic rings. The first kappa shape index (κ1) is 18.4. The third kappa shape index (κ3) is 3.20. The Morgan fingerprint density at radius 2 is 1.67 bits per heavy atom. The van der Waals surface area contributed by atoms with Crippen LogP contribution in [0.15, 0.2) is 61.1 Å². The van der Waals surface area contributed by atoms with Crippen LogP contribution < -0.4 is 14.5 Å². The van der Waals surface area contributed by atoms with Crippen LogP contribution in [0.25, 0.3) is 16.7 Å². The normalized spacial score (nSPS) is 14.3. The zero-order valence-electron chi connectivity index (χ0n) is 16.6. The molecule has 0 N–H and O–H groups in total. The van der Waals surface area contributed by atoms with Crippen molar-refractivity contribution in [2.45, 2.75) is 0 Å². The van der Waals surface area contributed by atoms with Gasteiger partial charge in [-0.1, -0.05) is 18.2 Å². The predicted octanol–water partition coefficient (Wildman–Crippen LogP) is 3.29. The highest BCUT2D eigenvalue weighted by Gasteiger charge is 2.22. The number of hydrogen-bond donors (Lipinski definition) is 0. The maximum atomic E-state index is 14.1. The SMILES string of the molecule is COc1ccc(N2CCN(c3ncnc4c3cnn4-c3ccccc3)CC2)cc1F. The second kappa shape index (κ2) is 7.62. The maximum Gasteiger partial charge on any atom is 0.168 e. The van der Waals surface area contributed by atoms with E-state index < -0.39 is 0 Å². The van der Waals surface area contributed by atoms with Gasteiger partial charge in [-0.25, -0.2) is 19.0 Å². The number of rotatable bonds is 4. The van der Waals surface area contributed by atoms with Gasteiger partial charge in [0.15, 0.2) is 17.2 Å². The Morgan fingerprint density at radius 3 is 2.40 bits per heavy atom. The molecule has 4 aromatic rings. The number of halogens is 1. The standard InChI is InChI=1S/C22H21FN6O/c1-30-20-8-7-17(13-19(20)23)27-9-11-28(12-10-27)21-18-14-26-29(22(18)25-15-24-21)16-5-3-2-4-6-16/h2-8,13-15H,9-12H2,1H3. The van der Waals surface area contributed by atoms with Gasteiger partial charge in [-0.15, -0.1) is 0 Å². The third-order valence-electron chi connectivity index (χ3n) is 5.43. The predicted molar refractivity (Wildman–Crippen MR) is 114 cm³/mol. The molecule has 8 heteroatoms. The number of hydrogen-bond acceptors (Lipinski definition) is 6. The van der Waals surface area contributed by atoms with E-state index in [-0.39, 0.29) is 11.6 Å². The number of methoxy groups -OCH3 is 1. The van der Waals surface area contributed by atoms with Crippen molar-refractivity contribution in [1.29, 1.82) is 0 Å². The molecule has 1 fully saturated rings. The van der Waals surface area contributed by atoms with E-state index in [2.05, 4.69) is 24.9 Å². The van der Waals surface area contributed by atoms with Gasteiger partial charge in [0.25, 0.3) is 0 Å². The number of benzene rings is 2. The smallest absolute Gasteiger partial charge is 0.168 e. The molecule has 5 rings (SSSR count). The molecule has 2 aromatic heterocycles. The van der Waals surface area contributed by atoms with Gasteiger partial charge < -0.3 is 14.5 Å². The number of fused-ring (bicyclic) bond motifs is 1. The molecule has 0 bridgehead atoms. The minimum absolute atomic E-state index is 0.260. The first-order chi connectivity index (χ1) is 14.7. The van der Waals surface area contributed by atoms with E-state index in [1.54, 1.807) is 12.4 Å². The highest BCUT2D eigenvalue weighted by molar-refractivity contribution is 5.87. The van der Waals surface area contributed by atoms with E-state index in [1.807, 2.05) is 47.3 Å². The van der Waals surface area contributed by atoms with Gasteiger partial charge in [0.1, 0.15) is 12.1 Å². The quantitative estimate of drug-likeness (QED) is 0.520. The molecule has 0 saturated carbocycles. The van der Waals surface area contributed by atoms with Crippen molar-refractivity contribution in [2.24, 2.45) is 0 Å². The van der Waals surface area contributed by atoms with Gasteiger partial charge in [0.2, 0.25) is 0 Å². The molecule has 30 heavy (non-hydrogen) atoms. The maximum absolute atomic E-state index is 14.1. The minimum atomic E-state index is -0.344. The number of aromatic nitrogens is 4. The summed E-state index contributed by atoms with van der Waals surface area (Å²) >= 11 is 0. The van der Waals surface area contributed by atoms with E-state index in [9.17, 15) is 4.39 Å². The Labute approximate surface area is 173 Å². The van der Waals surface area contributed by atoms with Gasteiger partial charge >= 0.3 is 0 Å². The fourth-order valence-corrected chi connectivity index (χ4v) is 3.87. The van der Waals surface area contributed by atoms with E-state index in [0.717, 1.165) is 54.4 Å². The lowest BCUT2D eigenvalue weighted by molar-refractivity contribution is 0.386. The summed E-state index contributed by atoms with van der Waals surface area (Å²) in [7, 11) is 1.47. The average molecular weight is 404 g/mol. The highest BCUT2D eigenvalue weighted by atomic mass is 19.1. The lowest BCUT2D eigenvalue weighted by Gasteiger charge is -2.36. The molecule has 1 saturated heterocycles. The summed E-state index contributed by atoms with van der Waals surface area (Å²) in [5.41, 5.74) is 2.60. The van der Waals surface area contributed by atoms with Crippen molar-refractivity contribution in [3.63, 3.8) is 0 Å². The van der Waals surface area contributed by atoms with Crippen LogP contribution in [0.3, 0.4) is 0 Å². The number of para-hydroxylation sites is 1. The van der Waals surface area contributed by atoms with E-state index >= 15 is 0 Å².